The fraction of sp³-hybridized carbons (Fsp3) is 0.375. The first kappa shape index (κ1) is 19.5. The highest BCUT2D eigenvalue weighted by Crippen LogP contribution is 2.26. The number of carbonyl (C=O) groups is 1. The average Bonchev–Trinajstić information content (AvgIpc) is 3.03. The van der Waals surface area contributed by atoms with Gasteiger partial charge in [0.15, 0.2) is 0 Å². The number of amides is 1. The molecule has 0 aliphatic rings. The van der Waals surface area contributed by atoms with E-state index in [1.807, 2.05) is 32.0 Å². The molecule has 5 nitrogen and oxygen atoms in total. The van der Waals surface area contributed by atoms with Crippen LogP contribution < -0.4 is 11.1 Å². The number of hydrogen-bond acceptors (Lipinski definition) is 3. The van der Waals surface area contributed by atoms with E-state index < -0.39 is 0 Å². The van der Waals surface area contributed by atoms with Gasteiger partial charge in [-0.1, -0.05) is 43.6 Å². The molecule has 7 heteroatoms. The highest BCUT2D eigenvalue weighted by molar-refractivity contribution is 6.33. The van der Waals surface area contributed by atoms with E-state index in [4.69, 9.17) is 17.3 Å². The van der Waals surface area contributed by atoms with Gasteiger partial charge in [-0.05, 0) is 25.0 Å². The molecule has 0 spiro atoms. The van der Waals surface area contributed by atoms with Crippen molar-refractivity contribution in [1.29, 1.82) is 0 Å². The summed E-state index contributed by atoms with van der Waals surface area (Å²) in [5.74, 6) is -0.208. The van der Waals surface area contributed by atoms with E-state index in [0.29, 0.717) is 23.0 Å². The number of halogens is 2. The number of aromatic amines is 1. The number of aromatic nitrogens is 2. The monoisotopic (exact) mass is 356 g/mol. The zero-order valence-corrected chi connectivity index (χ0v) is 14.8. The summed E-state index contributed by atoms with van der Waals surface area (Å²) >= 11 is 6.15. The lowest BCUT2D eigenvalue weighted by Gasteiger charge is -2.31. The van der Waals surface area contributed by atoms with Gasteiger partial charge < -0.3 is 11.1 Å². The van der Waals surface area contributed by atoms with Crippen molar-refractivity contribution in [2.45, 2.75) is 32.2 Å². The molecule has 1 amide bonds. The summed E-state index contributed by atoms with van der Waals surface area (Å²) in [5, 5.41) is 10.5. The van der Waals surface area contributed by atoms with Gasteiger partial charge in [-0.15, -0.1) is 12.4 Å². The zero-order chi connectivity index (χ0) is 16.2. The van der Waals surface area contributed by atoms with Gasteiger partial charge in [0.05, 0.1) is 16.3 Å². The quantitative estimate of drug-likeness (QED) is 0.741. The highest BCUT2D eigenvalue weighted by atomic mass is 35.5. The van der Waals surface area contributed by atoms with Crippen LogP contribution in [-0.2, 0) is 0 Å². The molecule has 2 aromatic rings. The van der Waals surface area contributed by atoms with Crippen molar-refractivity contribution in [2.24, 2.45) is 5.73 Å². The van der Waals surface area contributed by atoms with E-state index >= 15 is 0 Å². The van der Waals surface area contributed by atoms with Crippen molar-refractivity contribution >= 4 is 29.9 Å². The third-order valence-electron chi connectivity index (χ3n) is 4.10. The maximum absolute atomic E-state index is 12.4. The molecule has 2 rings (SSSR count). The first-order valence-corrected chi connectivity index (χ1v) is 7.76. The molecule has 0 fully saturated rings. The van der Waals surface area contributed by atoms with Crippen molar-refractivity contribution in [1.82, 2.24) is 15.5 Å². The molecular formula is C16H22Cl2N4O. The molecule has 1 heterocycles. The lowest BCUT2D eigenvalue weighted by atomic mass is 9.93. The van der Waals surface area contributed by atoms with Gasteiger partial charge in [-0.2, -0.15) is 5.10 Å². The fourth-order valence-corrected chi connectivity index (χ4v) is 2.55. The summed E-state index contributed by atoms with van der Waals surface area (Å²) < 4.78 is 0. The third-order valence-corrected chi connectivity index (χ3v) is 4.42. The first-order valence-electron chi connectivity index (χ1n) is 7.38. The van der Waals surface area contributed by atoms with Crippen LogP contribution in [0.25, 0.3) is 11.3 Å². The number of benzene rings is 1. The predicted octanol–water partition coefficient (Wildman–Crippen LogP) is 3.40. The van der Waals surface area contributed by atoms with Crippen LogP contribution in [0.15, 0.2) is 30.3 Å². The Kier molecular flexibility index (Phi) is 7.06. The molecule has 0 saturated carbocycles. The number of nitrogens with two attached hydrogens (primary N) is 1. The highest BCUT2D eigenvalue weighted by Gasteiger charge is 2.27. The van der Waals surface area contributed by atoms with Gasteiger partial charge in [0.25, 0.3) is 5.91 Å². The minimum atomic E-state index is -0.382. The first-order chi connectivity index (χ1) is 10.5. The molecule has 0 aliphatic heterocycles. The van der Waals surface area contributed by atoms with Crippen LogP contribution >= 0.6 is 24.0 Å². The van der Waals surface area contributed by atoms with Crippen molar-refractivity contribution < 1.29 is 4.79 Å². The SMILES string of the molecule is CCC(CC)(CN)NC(=O)c1cc(-c2ccccc2Cl)n[nH]1.Cl. The van der Waals surface area contributed by atoms with Crippen molar-refractivity contribution in [3.63, 3.8) is 0 Å². The second kappa shape index (κ2) is 8.34. The van der Waals surface area contributed by atoms with Crippen LogP contribution in [-0.4, -0.2) is 28.2 Å². The molecule has 126 valence electrons. The Labute approximate surface area is 147 Å². The minimum absolute atomic E-state index is 0. The van der Waals surface area contributed by atoms with Crippen molar-refractivity contribution in [3.8, 4) is 11.3 Å². The van der Waals surface area contributed by atoms with Crippen molar-refractivity contribution in [3.05, 3.63) is 41.0 Å². The number of hydrogen-bond donors (Lipinski definition) is 3. The van der Waals surface area contributed by atoms with Gasteiger partial charge in [0, 0.05) is 12.1 Å². The largest absolute Gasteiger partial charge is 0.344 e. The maximum Gasteiger partial charge on any atom is 0.269 e. The summed E-state index contributed by atoms with van der Waals surface area (Å²) in [6, 6.07) is 9.08. The lowest BCUT2D eigenvalue weighted by molar-refractivity contribution is 0.0890. The van der Waals surface area contributed by atoms with Crippen LogP contribution in [0.2, 0.25) is 5.02 Å². The Morgan fingerprint density at radius 1 is 1.35 bits per heavy atom. The Balaban J connectivity index is 0.00000264. The van der Waals surface area contributed by atoms with Gasteiger partial charge in [-0.3, -0.25) is 9.89 Å². The predicted molar refractivity (Wildman–Crippen MR) is 96.1 cm³/mol. The van der Waals surface area contributed by atoms with E-state index in [1.54, 1.807) is 12.1 Å². The molecule has 23 heavy (non-hydrogen) atoms. The minimum Gasteiger partial charge on any atom is -0.344 e. The number of nitrogens with one attached hydrogen (secondary N) is 2. The molecule has 0 radical (unpaired) electrons. The van der Waals surface area contributed by atoms with E-state index in [-0.39, 0.29) is 23.9 Å². The lowest BCUT2D eigenvalue weighted by Crippen LogP contribution is -2.52. The maximum atomic E-state index is 12.4. The van der Waals surface area contributed by atoms with E-state index in [2.05, 4.69) is 15.5 Å². The molecule has 0 unspecified atom stereocenters. The Morgan fingerprint density at radius 2 is 2.00 bits per heavy atom. The summed E-state index contributed by atoms with van der Waals surface area (Å²) in [5.41, 5.74) is 7.26. The molecule has 0 atom stereocenters. The van der Waals surface area contributed by atoms with Gasteiger partial charge in [0.1, 0.15) is 5.69 Å². The number of H-pyrrole nitrogens is 1. The van der Waals surface area contributed by atoms with Crippen LogP contribution in [0.5, 0.6) is 0 Å². The van der Waals surface area contributed by atoms with Crippen LogP contribution in [0.4, 0.5) is 0 Å². The van der Waals surface area contributed by atoms with Gasteiger partial charge >= 0.3 is 0 Å². The van der Waals surface area contributed by atoms with Crippen LogP contribution in [0, 0.1) is 0 Å². The second-order valence-corrected chi connectivity index (χ2v) is 5.70. The summed E-state index contributed by atoms with van der Waals surface area (Å²) in [6.07, 6.45) is 1.55. The Bertz CT molecular complexity index is 645. The molecule has 1 aromatic carbocycles. The van der Waals surface area contributed by atoms with E-state index in [0.717, 1.165) is 18.4 Å². The molecule has 0 aliphatic carbocycles. The van der Waals surface area contributed by atoms with Gasteiger partial charge in [-0.25, -0.2) is 0 Å². The Hall–Kier alpha value is -1.56. The summed E-state index contributed by atoms with van der Waals surface area (Å²) in [7, 11) is 0. The molecule has 1 aromatic heterocycles. The molecule has 0 saturated heterocycles. The van der Waals surface area contributed by atoms with Gasteiger partial charge in [0.2, 0.25) is 0 Å². The molecular weight excluding hydrogens is 335 g/mol. The molecule has 0 bridgehead atoms. The third kappa shape index (κ3) is 4.25. The standard InChI is InChI=1S/C16H21ClN4O.ClH/c1-3-16(4-2,10-18)19-15(22)14-9-13(20-21-14)11-7-5-6-8-12(11)17;/h5-9H,3-4,10,18H2,1-2H3,(H,19,22)(H,20,21);1H. The normalized spacial score (nSPS) is 11.0. The second-order valence-electron chi connectivity index (χ2n) is 5.29. The fourth-order valence-electron chi connectivity index (χ4n) is 2.32. The van der Waals surface area contributed by atoms with Crippen LogP contribution in [0.1, 0.15) is 37.2 Å². The Morgan fingerprint density at radius 3 is 2.57 bits per heavy atom. The zero-order valence-electron chi connectivity index (χ0n) is 13.2. The molecule has 4 N–H and O–H groups in total. The smallest absolute Gasteiger partial charge is 0.269 e. The number of nitrogens with zero attached hydrogens (tertiary/aromatic N) is 1. The summed E-state index contributed by atoms with van der Waals surface area (Å²) in [6.45, 7) is 4.43. The number of carbonyl (C=O) groups excluding carboxylic acids is 1. The summed E-state index contributed by atoms with van der Waals surface area (Å²) in [4.78, 5) is 12.4. The topological polar surface area (TPSA) is 83.8 Å². The van der Waals surface area contributed by atoms with Crippen LogP contribution in [0.3, 0.4) is 0 Å². The van der Waals surface area contributed by atoms with Crippen molar-refractivity contribution in [2.75, 3.05) is 6.54 Å². The van der Waals surface area contributed by atoms with E-state index in [1.165, 1.54) is 0 Å². The average molecular weight is 357 g/mol. The van der Waals surface area contributed by atoms with E-state index in [9.17, 15) is 4.79 Å². The number of rotatable bonds is 6.